The van der Waals surface area contributed by atoms with E-state index in [1.54, 1.807) is 0 Å². The molecule has 2 rings (SSSR count). The van der Waals surface area contributed by atoms with Gasteiger partial charge in [0.15, 0.2) is 0 Å². The number of aryl methyl sites for hydroxylation is 3. The highest BCUT2D eigenvalue weighted by atomic mass is 15.1. The molecule has 0 aliphatic carbocycles. The van der Waals surface area contributed by atoms with Crippen molar-refractivity contribution in [1.29, 1.82) is 0 Å². The number of nitrogens with zero attached hydrogens (tertiary/aromatic N) is 1. The predicted molar refractivity (Wildman–Crippen MR) is 91.9 cm³/mol. The molecule has 2 N–H and O–H groups in total. The van der Waals surface area contributed by atoms with Crippen LogP contribution < -0.4 is 10.6 Å². The third kappa shape index (κ3) is 3.64. The van der Waals surface area contributed by atoms with E-state index in [1.165, 1.54) is 27.9 Å². The van der Waals surface area contributed by atoms with Gasteiger partial charge in [-0.1, -0.05) is 48.4 Å². The molecule has 0 aromatic heterocycles. The third-order valence-corrected chi connectivity index (χ3v) is 4.07. The van der Waals surface area contributed by atoms with Crippen molar-refractivity contribution in [2.75, 3.05) is 18.5 Å². The van der Waals surface area contributed by atoms with Gasteiger partial charge in [-0.3, -0.25) is 0 Å². The van der Waals surface area contributed by atoms with Crippen LogP contribution in [0.3, 0.4) is 0 Å². The number of nitrogens with two attached hydrogens (primary N) is 1. The molecule has 0 aliphatic rings. The largest absolute Gasteiger partial charge is 0.366 e. The summed E-state index contributed by atoms with van der Waals surface area (Å²) < 4.78 is 0. The first-order valence-electron chi connectivity index (χ1n) is 7.65. The maximum absolute atomic E-state index is 6.06. The highest BCUT2D eigenvalue weighted by Gasteiger charge is 2.16. The molecule has 2 heteroatoms. The van der Waals surface area contributed by atoms with Crippen molar-refractivity contribution >= 4 is 5.69 Å². The molecule has 2 aromatic rings. The van der Waals surface area contributed by atoms with Gasteiger partial charge in [0, 0.05) is 19.3 Å². The molecule has 0 amide bonds. The monoisotopic (exact) mass is 282 g/mol. The summed E-state index contributed by atoms with van der Waals surface area (Å²) >= 11 is 0. The topological polar surface area (TPSA) is 29.3 Å². The van der Waals surface area contributed by atoms with Crippen LogP contribution in [0.4, 0.5) is 5.69 Å². The standard InChI is InChI=1S/C19H26N2/c1-5-16-6-8-18(9-7-16)21(4)19(13-20)17-11-14(2)10-15(3)12-17/h6-12,19H,5,13,20H2,1-4H3. The van der Waals surface area contributed by atoms with E-state index in [4.69, 9.17) is 5.73 Å². The maximum atomic E-state index is 6.06. The minimum absolute atomic E-state index is 0.205. The van der Waals surface area contributed by atoms with Gasteiger partial charge >= 0.3 is 0 Å². The molecule has 0 spiro atoms. The van der Waals surface area contributed by atoms with Gasteiger partial charge in [0.25, 0.3) is 0 Å². The fraction of sp³-hybridized carbons (Fsp3) is 0.368. The number of likely N-dealkylation sites (N-methyl/N-ethyl adjacent to an activating group) is 1. The molecule has 21 heavy (non-hydrogen) atoms. The van der Waals surface area contributed by atoms with Crippen LogP contribution in [0, 0.1) is 13.8 Å². The summed E-state index contributed by atoms with van der Waals surface area (Å²) in [7, 11) is 2.12. The van der Waals surface area contributed by atoms with Gasteiger partial charge in [-0.05, 0) is 43.5 Å². The van der Waals surface area contributed by atoms with Gasteiger partial charge in [0.1, 0.15) is 0 Å². The van der Waals surface area contributed by atoms with Gasteiger partial charge in [0.2, 0.25) is 0 Å². The molecule has 1 unspecified atom stereocenters. The van der Waals surface area contributed by atoms with Crippen molar-refractivity contribution in [2.45, 2.75) is 33.2 Å². The second-order valence-corrected chi connectivity index (χ2v) is 5.80. The first kappa shape index (κ1) is 15.6. The van der Waals surface area contributed by atoms with Gasteiger partial charge in [-0.2, -0.15) is 0 Å². The lowest BCUT2D eigenvalue weighted by Crippen LogP contribution is -2.30. The van der Waals surface area contributed by atoms with Crippen molar-refractivity contribution in [2.24, 2.45) is 5.73 Å². The molecule has 0 radical (unpaired) electrons. The summed E-state index contributed by atoms with van der Waals surface area (Å²) in [6.45, 7) is 7.06. The zero-order valence-corrected chi connectivity index (χ0v) is 13.6. The lowest BCUT2D eigenvalue weighted by atomic mass is 10.00. The molecule has 0 aliphatic heterocycles. The van der Waals surface area contributed by atoms with Crippen LogP contribution in [0.15, 0.2) is 42.5 Å². The summed E-state index contributed by atoms with van der Waals surface area (Å²) in [6.07, 6.45) is 1.07. The molecule has 2 nitrogen and oxygen atoms in total. The number of benzene rings is 2. The Balaban J connectivity index is 2.30. The minimum atomic E-state index is 0.205. The second-order valence-electron chi connectivity index (χ2n) is 5.80. The summed E-state index contributed by atoms with van der Waals surface area (Å²) in [5.41, 5.74) is 12.5. The zero-order chi connectivity index (χ0) is 15.4. The molecular formula is C19H26N2. The number of hydrogen-bond donors (Lipinski definition) is 1. The first-order chi connectivity index (χ1) is 10.0. The Labute approximate surface area is 128 Å². The molecule has 0 heterocycles. The molecular weight excluding hydrogens is 256 g/mol. The highest BCUT2D eigenvalue weighted by molar-refractivity contribution is 5.50. The number of anilines is 1. The van der Waals surface area contributed by atoms with Crippen LogP contribution in [-0.4, -0.2) is 13.6 Å². The Morgan fingerprint density at radius 1 is 1.00 bits per heavy atom. The van der Waals surface area contributed by atoms with E-state index in [2.05, 4.69) is 75.2 Å². The molecule has 1 atom stereocenters. The quantitative estimate of drug-likeness (QED) is 0.898. The van der Waals surface area contributed by atoms with Crippen molar-refractivity contribution in [1.82, 2.24) is 0 Å². The fourth-order valence-corrected chi connectivity index (χ4v) is 2.87. The lowest BCUT2D eigenvalue weighted by Gasteiger charge is -2.30. The average Bonchev–Trinajstić information content (AvgIpc) is 2.47. The van der Waals surface area contributed by atoms with Crippen molar-refractivity contribution in [3.8, 4) is 0 Å². The van der Waals surface area contributed by atoms with Crippen molar-refractivity contribution in [3.63, 3.8) is 0 Å². The summed E-state index contributed by atoms with van der Waals surface area (Å²) in [5, 5.41) is 0. The summed E-state index contributed by atoms with van der Waals surface area (Å²) in [4.78, 5) is 2.27. The van der Waals surface area contributed by atoms with Crippen LogP contribution in [-0.2, 0) is 6.42 Å². The van der Waals surface area contributed by atoms with Crippen LogP contribution in [0.1, 0.15) is 35.2 Å². The second kappa shape index (κ2) is 6.77. The molecule has 0 saturated heterocycles. The molecule has 2 aromatic carbocycles. The predicted octanol–water partition coefficient (Wildman–Crippen LogP) is 4.00. The zero-order valence-electron chi connectivity index (χ0n) is 13.6. The first-order valence-corrected chi connectivity index (χ1v) is 7.65. The van der Waals surface area contributed by atoms with Crippen LogP contribution in [0.25, 0.3) is 0 Å². The Morgan fingerprint density at radius 2 is 1.57 bits per heavy atom. The maximum Gasteiger partial charge on any atom is 0.0661 e. The van der Waals surface area contributed by atoms with E-state index >= 15 is 0 Å². The molecule has 112 valence electrons. The Morgan fingerprint density at radius 3 is 2.05 bits per heavy atom. The van der Waals surface area contributed by atoms with Crippen LogP contribution >= 0.6 is 0 Å². The van der Waals surface area contributed by atoms with E-state index in [9.17, 15) is 0 Å². The molecule has 0 saturated carbocycles. The lowest BCUT2D eigenvalue weighted by molar-refractivity contribution is 0.679. The normalized spacial score (nSPS) is 12.2. The van der Waals surface area contributed by atoms with Gasteiger partial charge in [-0.25, -0.2) is 0 Å². The molecule has 0 fully saturated rings. The summed E-state index contributed by atoms with van der Waals surface area (Å²) in [6, 6.07) is 15.6. The molecule has 0 bridgehead atoms. The summed E-state index contributed by atoms with van der Waals surface area (Å²) in [5.74, 6) is 0. The number of hydrogen-bond acceptors (Lipinski definition) is 2. The van der Waals surface area contributed by atoms with E-state index in [0.717, 1.165) is 6.42 Å². The highest BCUT2D eigenvalue weighted by Crippen LogP contribution is 2.26. The minimum Gasteiger partial charge on any atom is -0.366 e. The van der Waals surface area contributed by atoms with E-state index in [0.29, 0.717) is 6.54 Å². The van der Waals surface area contributed by atoms with E-state index < -0.39 is 0 Å². The Hall–Kier alpha value is -1.80. The number of rotatable bonds is 5. The fourth-order valence-electron chi connectivity index (χ4n) is 2.87. The Bertz CT molecular complexity index is 567. The Kier molecular flexibility index (Phi) is 5.03. The van der Waals surface area contributed by atoms with Gasteiger partial charge in [-0.15, -0.1) is 0 Å². The average molecular weight is 282 g/mol. The SMILES string of the molecule is CCc1ccc(N(C)C(CN)c2cc(C)cc(C)c2)cc1. The van der Waals surface area contributed by atoms with Gasteiger partial charge in [0.05, 0.1) is 6.04 Å². The van der Waals surface area contributed by atoms with E-state index in [1.807, 2.05) is 0 Å². The van der Waals surface area contributed by atoms with Crippen LogP contribution in [0.5, 0.6) is 0 Å². The third-order valence-electron chi connectivity index (χ3n) is 4.07. The van der Waals surface area contributed by atoms with Crippen molar-refractivity contribution < 1.29 is 0 Å². The van der Waals surface area contributed by atoms with Crippen LogP contribution in [0.2, 0.25) is 0 Å². The smallest absolute Gasteiger partial charge is 0.0661 e. The van der Waals surface area contributed by atoms with E-state index in [-0.39, 0.29) is 6.04 Å². The van der Waals surface area contributed by atoms with Crippen molar-refractivity contribution in [3.05, 3.63) is 64.7 Å². The van der Waals surface area contributed by atoms with Gasteiger partial charge < -0.3 is 10.6 Å².